The van der Waals surface area contributed by atoms with Gasteiger partial charge in [-0.2, -0.15) is 11.8 Å². The van der Waals surface area contributed by atoms with Gasteiger partial charge in [-0.25, -0.2) is 4.98 Å². The highest BCUT2D eigenvalue weighted by Crippen LogP contribution is 2.28. The molecule has 17 heavy (non-hydrogen) atoms. The predicted octanol–water partition coefficient (Wildman–Crippen LogP) is 4.61. The molecule has 0 aliphatic carbocycles. The largest absolute Gasteiger partial charge is 0.361 e. The lowest BCUT2D eigenvalue weighted by atomic mass is 10.3. The maximum absolute atomic E-state index is 4.57. The summed E-state index contributed by atoms with van der Waals surface area (Å²) >= 11 is 7.08. The Morgan fingerprint density at radius 2 is 2.35 bits per heavy atom. The topological polar surface area (TPSA) is 24.9 Å². The van der Waals surface area contributed by atoms with Gasteiger partial charge in [0.25, 0.3) is 0 Å². The molecular weight excluding hydrogens is 316 g/mol. The lowest BCUT2D eigenvalue weighted by Gasteiger charge is -2.07. The van der Waals surface area contributed by atoms with Crippen LogP contribution >= 0.6 is 39.0 Å². The number of hydrogen-bond donors (Lipinski definition) is 1. The summed E-state index contributed by atoms with van der Waals surface area (Å²) in [6.45, 7) is 3.24. The molecule has 0 bridgehead atoms. The van der Waals surface area contributed by atoms with Crippen LogP contribution in [0.15, 0.2) is 22.7 Å². The molecule has 1 unspecified atom stereocenters. The molecule has 0 aliphatic heterocycles. The van der Waals surface area contributed by atoms with E-state index < -0.39 is 0 Å². The average molecular weight is 331 g/mol. The second kappa shape index (κ2) is 6.07. The molecule has 0 aliphatic rings. The van der Waals surface area contributed by atoms with E-state index in [9.17, 15) is 0 Å². The molecule has 92 valence electrons. The standard InChI is InChI=1S/C12H15BrN2S2/c1-8(16-2)5-6-14-12-15-10-7-9(13)3-4-11(10)17-12/h3-4,7-8H,5-6H2,1-2H3,(H,14,15). The van der Waals surface area contributed by atoms with Crippen molar-refractivity contribution in [1.29, 1.82) is 0 Å². The number of hydrogen-bond acceptors (Lipinski definition) is 4. The van der Waals surface area contributed by atoms with Crippen LogP contribution in [0.3, 0.4) is 0 Å². The van der Waals surface area contributed by atoms with Crippen LogP contribution in [0.5, 0.6) is 0 Å². The van der Waals surface area contributed by atoms with E-state index in [0.29, 0.717) is 5.25 Å². The van der Waals surface area contributed by atoms with E-state index in [0.717, 1.165) is 21.7 Å². The smallest absolute Gasteiger partial charge is 0.183 e. The van der Waals surface area contributed by atoms with Gasteiger partial charge in [0.1, 0.15) is 0 Å². The Hall–Kier alpha value is -0.260. The summed E-state index contributed by atoms with van der Waals surface area (Å²) in [7, 11) is 0. The van der Waals surface area contributed by atoms with Crippen molar-refractivity contribution in [2.75, 3.05) is 18.1 Å². The number of rotatable bonds is 5. The van der Waals surface area contributed by atoms with Gasteiger partial charge in [-0.05, 0) is 30.9 Å². The quantitative estimate of drug-likeness (QED) is 0.866. The number of nitrogens with zero attached hydrogens (tertiary/aromatic N) is 1. The van der Waals surface area contributed by atoms with E-state index in [4.69, 9.17) is 0 Å². The Morgan fingerprint density at radius 3 is 3.12 bits per heavy atom. The average Bonchev–Trinajstić information content (AvgIpc) is 2.70. The summed E-state index contributed by atoms with van der Waals surface area (Å²) in [5.74, 6) is 0. The molecule has 5 heteroatoms. The summed E-state index contributed by atoms with van der Waals surface area (Å²) in [4.78, 5) is 4.57. The van der Waals surface area contributed by atoms with Gasteiger partial charge >= 0.3 is 0 Å². The lowest BCUT2D eigenvalue weighted by molar-refractivity contribution is 0.853. The number of thiazole rings is 1. The molecule has 1 atom stereocenters. The van der Waals surface area contributed by atoms with Crippen LogP contribution in [0.1, 0.15) is 13.3 Å². The van der Waals surface area contributed by atoms with Crippen LogP contribution in [0, 0.1) is 0 Å². The van der Waals surface area contributed by atoms with Crippen LogP contribution in [0.25, 0.3) is 10.2 Å². The van der Waals surface area contributed by atoms with Gasteiger partial charge in [0.05, 0.1) is 10.2 Å². The molecule has 0 radical (unpaired) electrons. The van der Waals surface area contributed by atoms with Crippen molar-refractivity contribution in [3.05, 3.63) is 22.7 Å². The fraction of sp³-hybridized carbons (Fsp3) is 0.417. The van der Waals surface area contributed by atoms with Gasteiger partial charge in [0.15, 0.2) is 5.13 Å². The monoisotopic (exact) mass is 330 g/mol. The van der Waals surface area contributed by atoms with Crippen LogP contribution in [0.2, 0.25) is 0 Å². The van der Waals surface area contributed by atoms with Gasteiger partial charge in [0, 0.05) is 16.3 Å². The minimum absolute atomic E-state index is 0.700. The minimum atomic E-state index is 0.700. The Labute approximate surface area is 118 Å². The molecule has 2 aromatic rings. The third kappa shape index (κ3) is 3.60. The van der Waals surface area contributed by atoms with Gasteiger partial charge in [-0.1, -0.05) is 34.2 Å². The second-order valence-corrected chi connectivity index (χ2v) is 7.12. The van der Waals surface area contributed by atoms with E-state index in [-0.39, 0.29) is 0 Å². The van der Waals surface area contributed by atoms with Crippen molar-refractivity contribution < 1.29 is 0 Å². The van der Waals surface area contributed by atoms with Crippen molar-refractivity contribution in [3.63, 3.8) is 0 Å². The van der Waals surface area contributed by atoms with E-state index >= 15 is 0 Å². The number of thioether (sulfide) groups is 1. The summed E-state index contributed by atoms with van der Waals surface area (Å²) in [6.07, 6.45) is 3.32. The highest BCUT2D eigenvalue weighted by molar-refractivity contribution is 9.10. The van der Waals surface area contributed by atoms with E-state index in [2.05, 4.69) is 57.6 Å². The molecule has 0 spiro atoms. The fourth-order valence-electron chi connectivity index (χ4n) is 1.48. The maximum Gasteiger partial charge on any atom is 0.183 e. The van der Waals surface area contributed by atoms with E-state index in [1.807, 2.05) is 11.8 Å². The molecule has 0 saturated heterocycles. The van der Waals surface area contributed by atoms with Crippen molar-refractivity contribution in [2.24, 2.45) is 0 Å². The Balaban J connectivity index is 1.99. The lowest BCUT2D eigenvalue weighted by Crippen LogP contribution is -2.07. The molecule has 2 nitrogen and oxygen atoms in total. The summed E-state index contributed by atoms with van der Waals surface area (Å²) in [5.41, 5.74) is 1.06. The predicted molar refractivity (Wildman–Crippen MR) is 83.4 cm³/mol. The molecular formula is C12H15BrN2S2. The maximum atomic E-state index is 4.57. The Bertz CT molecular complexity index is 498. The third-order valence-corrected chi connectivity index (χ3v) is 5.11. The SMILES string of the molecule is CSC(C)CCNc1nc2cc(Br)ccc2s1. The summed E-state index contributed by atoms with van der Waals surface area (Å²) < 4.78 is 2.31. The van der Waals surface area contributed by atoms with Gasteiger partial charge in [-0.15, -0.1) is 0 Å². The van der Waals surface area contributed by atoms with E-state index in [1.165, 1.54) is 11.1 Å². The number of nitrogens with one attached hydrogen (secondary N) is 1. The minimum Gasteiger partial charge on any atom is -0.361 e. The Kier molecular flexibility index (Phi) is 4.70. The first kappa shape index (κ1) is 13.2. The van der Waals surface area contributed by atoms with Crippen molar-refractivity contribution in [1.82, 2.24) is 4.98 Å². The molecule has 0 fully saturated rings. The first-order valence-electron chi connectivity index (χ1n) is 5.52. The van der Waals surface area contributed by atoms with Gasteiger partial charge in [-0.3, -0.25) is 0 Å². The molecule has 1 aromatic heterocycles. The molecule has 1 heterocycles. The van der Waals surface area contributed by atoms with Crippen LogP contribution in [-0.2, 0) is 0 Å². The zero-order valence-corrected chi connectivity index (χ0v) is 13.1. The van der Waals surface area contributed by atoms with Gasteiger partial charge < -0.3 is 5.32 Å². The fourth-order valence-corrected chi connectivity index (χ4v) is 3.05. The van der Waals surface area contributed by atoms with Gasteiger partial charge in [0.2, 0.25) is 0 Å². The van der Waals surface area contributed by atoms with Crippen LogP contribution < -0.4 is 5.32 Å². The van der Waals surface area contributed by atoms with E-state index in [1.54, 1.807) is 11.3 Å². The molecule has 0 amide bonds. The number of anilines is 1. The molecule has 1 aromatic carbocycles. The highest BCUT2D eigenvalue weighted by atomic mass is 79.9. The number of aromatic nitrogens is 1. The molecule has 0 saturated carbocycles. The zero-order chi connectivity index (χ0) is 12.3. The third-order valence-electron chi connectivity index (χ3n) is 2.58. The zero-order valence-electron chi connectivity index (χ0n) is 9.87. The van der Waals surface area contributed by atoms with Crippen molar-refractivity contribution in [3.8, 4) is 0 Å². The first-order valence-corrected chi connectivity index (χ1v) is 8.41. The number of benzene rings is 1. The molecule has 2 rings (SSSR count). The first-order chi connectivity index (χ1) is 8.19. The second-order valence-electron chi connectivity index (χ2n) is 3.89. The number of fused-ring (bicyclic) bond motifs is 1. The summed E-state index contributed by atoms with van der Waals surface area (Å²) in [6, 6.07) is 6.22. The number of halogens is 1. The summed E-state index contributed by atoms with van der Waals surface area (Å²) in [5, 5.41) is 5.12. The highest BCUT2D eigenvalue weighted by Gasteiger charge is 2.04. The van der Waals surface area contributed by atoms with Crippen LogP contribution in [-0.4, -0.2) is 23.0 Å². The molecule has 1 N–H and O–H groups in total. The Morgan fingerprint density at radius 1 is 1.53 bits per heavy atom. The van der Waals surface area contributed by atoms with Crippen LogP contribution in [0.4, 0.5) is 5.13 Å². The van der Waals surface area contributed by atoms with Crippen molar-refractivity contribution >= 4 is 54.4 Å². The normalized spacial score (nSPS) is 12.9. The van der Waals surface area contributed by atoms with Crippen molar-refractivity contribution in [2.45, 2.75) is 18.6 Å².